The van der Waals surface area contributed by atoms with Crippen LogP contribution in [-0.2, 0) is 11.2 Å². The first kappa shape index (κ1) is 18.4. The number of amides is 1. The molecule has 0 saturated heterocycles. The summed E-state index contributed by atoms with van der Waals surface area (Å²) in [6.45, 7) is 3.64. The van der Waals surface area contributed by atoms with Crippen molar-refractivity contribution in [2.75, 3.05) is 7.05 Å². The summed E-state index contributed by atoms with van der Waals surface area (Å²) >= 11 is 0. The monoisotopic (exact) mass is 368 g/mol. The Balaban J connectivity index is 1.81. The number of rotatable bonds is 6. The molecule has 1 N–H and O–H groups in total. The number of nitrogens with zero attached hydrogens (tertiary/aromatic N) is 4. The first-order valence-corrected chi connectivity index (χ1v) is 8.39. The van der Waals surface area contributed by atoms with Crippen LogP contribution in [0.2, 0.25) is 0 Å². The molecule has 8 nitrogen and oxygen atoms in total. The maximum Gasteiger partial charge on any atom is 0.311 e. The van der Waals surface area contributed by atoms with E-state index in [2.05, 4.69) is 10.1 Å². The molecule has 3 rings (SSSR count). The van der Waals surface area contributed by atoms with Crippen molar-refractivity contribution in [3.05, 3.63) is 65.6 Å². The van der Waals surface area contributed by atoms with E-state index in [1.165, 1.54) is 12.6 Å². The van der Waals surface area contributed by atoms with Crippen LogP contribution in [-0.4, -0.2) is 43.7 Å². The fourth-order valence-electron chi connectivity index (χ4n) is 2.88. The largest absolute Gasteiger partial charge is 0.481 e. The van der Waals surface area contributed by atoms with Crippen LogP contribution < -0.4 is 0 Å². The number of carboxylic acids is 1. The number of aromatic nitrogens is 3. The maximum absolute atomic E-state index is 12.9. The summed E-state index contributed by atoms with van der Waals surface area (Å²) in [7, 11) is 1.69. The molecular weight excluding hydrogens is 348 g/mol. The van der Waals surface area contributed by atoms with Gasteiger partial charge in [0.1, 0.15) is 24.8 Å². The highest BCUT2D eigenvalue weighted by Gasteiger charge is 2.26. The number of furan rings is 1. The fourth-order valence-corrected chi connectivity index (χ4v) is 2.88. The summed E-state index contributed by atoms with van der Waals surface area (Å²) in [6.07, 6.45) is 4.16. The molecule has 0 aliphatic rings. The van der Waals surface area contributed by atoms with E-state index in [1.807, 2.05) is 31.2 Å². The van der Waals surface area contributed by atoms with E-state index in [4.69, 9.17) is 9.52 Å². The maximum atomic E-state index is 12.9. The SMILES string of the molecule is Cc1coc(CC(=O)O)c1C(=O)N(C)C(C)c1ccc(-n2cncn2)cc1. The van der Waals surface area contributed by atoms with Crippen LogP contribution in [0.1, 0.15) is 40.2 Å². The smallest absolute Gasteiger partial charge is 0.311 e. The summed E-state index contributed by atoms with van der Waals surface area (Å²) in [5.74, 6) is -1.14. The predicted octanol–water partition coefficient (Wildman–Crippen LogP) is 2.63. The number of carboxylic acid groups (broad SMARTS) is 1. The molecular formula is C19H20N4O4. The molecule has 1 unspecified atom stereocenters. The second kappa shape index (κ2) is 7.45. The molecule has 0 aliphatic heterocycles. The lowest BCUT2D eigenvalue weighted by atomic mass is 10.0. The zero-order chi connectivity index (χ0) is 19.6. The van der Waals surface area contributed by atoms with Crippen molar-refractivity contribution in [3.8, 4) is 5.69 Å². The number of hydrogen-bond donors (Lipinski definition) is 1. The van der Waals surface area contributed by atoms with Gasteiger partial charge in [0.05, 0.1) is 23.6 Å². The molecule has 0 saturated carbocycles. The highest BCUT2D eigenvalue weighted by molar-refractivity contribution is 5.97. The van der Waals surface area contributed by atoms with Crippen molar-refractivity contribution in [3.63, 3.8) is 0 Å². The van der Waals surface area contributed by atoms with Gasteiger partial charge in [-0.2, -0.15) is 5.10 Å². The minimum atomic E-state index is -1.04. The molecule has 1 atom stereocenters. The second-order valence-electron chi connectivity index (χ2n) is 6.31. The van der Waals surface area contributed by atoms with E-state index in [0.29, 0.717) is 11.1 Å². The molecule has 0 aliphatic carbocycles. The lowest BCUT2D eigenvalue weighted by Crippen LogP contribution is -2.30. The Kier molecular flexibility index (Phi) is 5.07. The van der Waals surface area contributed by atoms with E-state index in [1.54, 1.807) is 29.9 Å². The average Bonchev–Trinajstić information content (AvgIpc) is 3.30. The molecule has 1 aromatic carbocycles. The number of benzene rings is 1. The van der Waals surface area contributed by atoms with Crippen molar-refractivity contribution in [2.24, 2.45) is 0 Å². The molecule has 27 heavy (non-hydrogen) atoms. The van der Waals surface area contributed by atoms with Crippen LogP contribution in [0.5, 0.6) is 0 Å². The number of aliphatic carboxylic acids is 1. The topological polar surface area (TPSA) is 101 Å². The van der Waals surface area contributed by atoms with Crippen molar-refractivity contribution < 1.29 is 19.1 Å². The average molecular weight is 368 g/mol. The van der Waals surface area contributed by atoms with Gasteiger partial charge in [-0.15, -0.1) is 0 Å². The van der Waals surface area contributed by atoms with Crippen LogP contribution in [0.4, 0.5) is 0 Å². The molecule has 1 amide bonds. The van der Waals surface area contributed by atoms with Gasteiger partial charge < -0.3 is 14.4 Å². The summed E-state index contributed by atoms with van der Waals surface area (Å²) < 4.78 is 6.93. The Labute approximate surface area is 156 Å². The van der Waals surface area contributed by atoms with Gasteiger partial charge in [0.25, 0.3) is 5.91 Å². The second-order valence-corrected chi connectivity index (χ2v) is 6.31. The first-order valence-electron chi connectivity index (χ1n) is 8.39. The minimum Gasteiger partial charge on any atom is -0.481 e. The van der Waals surface area contributed by atoms with E-state index >= 15 is 0 Å². The van der Waals surface area contributed by atoms with Crippen LogP contribution >= 0.6 is 0 Å². The summed E-state index contributed by atoms with van der Waals surface area (Å²) in [5, 5.41) is 13.1. The third-order valence-corrected chi connectivity index (χ3v) is 4.54. The zero-order valence-electron chi connectivity index (χ0n) is 15.3. The molecule has 0 radical (unpaired) electrons. The molecule has 8 heteroatoms. The molecule has 0 spiro atoms. The van der Waals surface area contributed by atoms with E-state index < -0.39 is 5.97 Å². The Morgan fingerprint density at radius 2 is 2.00 bits per heavy atom. The van der Waals surface area contributed by atoms with Gasteiger partial charge >= 0.3 is 5.97 Å². The highest BCUT2D eigenvalue weighted by atomic mass is 16.4. The Bertz CT molecular complexity index is 945. The summed E-state index contributed by atoms with van der Waals surface area (Å²) in [4.78, 5) is 29.5. The van der Waals surface area contributed by atoms with Gasteiger partial charge in [-0.25, -0.2) is 9.67 Å². The third-order valence-electron chi connectivity index (χ3n) is 4.54. The van der Waals surface area contributed by atoms with Crippen LogP contribution in [0.3, 0.4) is 0 Å². The lowest BCUT2D eigenvalue weighted by Gasteiger charge is -2.26. The van der Waals surface area contributed by atoms with E-state index in [-0.39, 0.29) is 24.1 Å². The first-order chi connectivity index (χ1) is 12.9. The van der Waals surface area contributed by atoms with Crippen molar-refractivity contribution in [1.29, 1.82) is 0 Å². The van der Waals surface area contributed by atoms with Gasteiger partial charge in [0.15, 0.2) is 0 Å². The normalized spacial score (nSPS) is 12.0. The molecule has 2 heterocycles. The van der Waals surface area contributed by atoms with Gasteiger partial charge in [-0.05, 0) is 31.5 Å². The standard InChI is InChI=1S/C19H20N4O4/c1-12-9-27-16(8-17(24)25)18(12)19(26)22(3)13(2)14-4-6-15(7-5-14)23-11-20-10-21-23/h4-7,9-11,13H,8H2,1-3H3,(H,24,25). The quantitative estimate of drug-likeness (QED) is 0.718. The number of carbonyl (C=O) groups excluding carboxylic acids is 1. The fraction of sp³-hybridized carbons (Fsp3) is 0.263. The van der Waals surface area contributed by atoms with Crippen molar-refractivity contribution in [2.45, 2.75) is 26.3 Å². The van der Waals surface area contributed by atoms with Crippen LogP contribution in [0.25, 0.3) is 5.69 Å². The molecule has 2 aromatic heterocycles. The molecule has 0 fully saturated rings. The highest BCUT2D eigenvalue weighted by Crippen LogP contribution is 2.25. The van der Waals surface area contributed by atoms with Gasteiger partial charge in [-0.3, -0.25) is 9.59 Å². The van der Waals surface area contributed by atoms with Gasteiger partial charge in [0.2, 0.25) is 0 Å². The van der Waals surface area contributed by atoms with Crippen molar-refractivity contribution in [1.82, 2.24) is 19.7 Å². The predicted molar refractivity (Wildman–Crippen MR) is 96.7 cm³/mol. The Morgan fingerprint density at radius 1 is 1.30 bits per heavy atom. The van der Waals surface area contributed by atoms with Crippen LogP contribution in [0, 0.1) is 6.92 Å². The number of hydrogen-bond acceptors (Lipinski definition) is 5. The molecule has 3 aromatic rings. The minimum absolute atomic E-state index is 0.172. The third kappa shape index (κ3) is 3.74. The van der Waals surface area contributed by atoms with Gasteiger partial charge in [-0.1, -0.05) is 12.1 Å². The number of aryl methyl sites for hydroxylation is 1. The van der Waals surface area contributed by atoms with E-state index in [9.17, 15) is 9.59 Å². The van der Waals surface area contributed by atoms with Crippen molar-refractivity contribution >= 4 is 11.9 Å². The van der Waals surface area contributed by atoms with Crippen LogP contribution in [0.15, 0.2) is 47.6 Å². The number of carbonyl (C=O) groups is 2. The molecule has 0 bridgehead atoms. The zero-order valence-corrected chi connectivity index (χ0v) is 15.3. The summed E-state index contributed by atoms with van der Waals surface area (Å²) in [5.41, 5.74) is 2.74. The lowest BCUT2D eigenvalue weighted by molar-refractivity contribution is -0.136. The molecule has 140 valence electrons. The summed E-state index contributed by atoms with van der Waals surface area (Å²) in [6, 6.07) is 7.43. The Hall–Kier alpha value is -3.42. The Morgan fingerprint density at radius 3 is 2.59 bits per heavy atom. The van der Waals surface area contributed by atoms with E-state index in [0.717, 1.165) is 11.3 Å². The van der Waals surface area contributed by atoms with Gasteiger partial charge in [0, 0.05) is 12.6 Å².